The van der Waals surface area contributed by atoms with Gasteiger partial charge in [0.15, 0.2) is 5.69 Å². The normalized spacial score (nSPS) is 12.2. The van der Waals surface area contributed by atoms with Crippen molar-refractivity contribution < 1.29 is 23.1 Å². The zero-order valence-corrected chi connectivity index (χ0v) is 14.7. The Labute approximate surface area is 140 Å². The third kappa shape index (κ3) is 3.77. The van der Waals surface area contributed by atoms with Crippen molar-refractivity contribution in [2.75, 3.05) is 7.11 Å². The molecule has 0 unspecified atom stereocenters. The van der Waals surface area contributed by atoms with Crippen LogP contribution in [0.4, 0.5) is 0 Å². The van der Waals surface area contributed by atoms with E-state index < -0.39 is 21.5 Å². The average molecular weight is 352 g/mol. The molecule has 0 aliphatic carbocycles. The maximum atomic E-state index is 12.5. The molecule has 0 radical (unpaired) electrons. The van der Waals surface area contributed by atoms with E-state index in [2.05, 4.69) is 4.72 Å². The zero-order valence-electron chi connectivity index (χ0n) is 13.9. The summed E-state index contributed by atoms with van der Waals surface area (Å²) in [7, 11) is -2.45. The number of nitrogens with zero attached hydrogens (tertiary/aromatic N) is 1. The highest BCUT2D eigenvalue weighted by molar-refractivity contribution is 7.89. The SMILES string of the molecule is COc1ccc(-n2ccc(S(=O)(=O)NC(C)(C)C)c2C(=O)O)cc1. The maximum absolute atomic E-state index is 12.5. The number of methoxy groups -OCH3 is 1. The van der Waals surface area contributed by atoms with Gasteiger partial charge in [0.05, 0.1) is 7.11 Å². The lowest BCUT2D eigenvalue weighted by atomic mass is 10.1. The van der Waals surface area contributed by atoms with Gasteiger partial charge in [-0.1, -0.05) is 0 Å². The van der Waals surface area contributed by atoms with E-state index in [1.807, 2.05) is 0 Å². The molecule has 0 aliphatic rings. The van der Waals surface area contributed by atoms with Crippen LogP contribution in [0.3, 0.4) is 0 Å². The van der Waals surface area contributed by atoms with Gasteiger partial charge in [0.1, 0.15) is 10.6 Å². The highest BCUT2D eigenvalue weighted by Crippen LogP contribution is 2.24. The third-order valence-corrected chi connectivity index (χ3v) is 4.92. The monoisotopic (exact) mass is 352 g/mol. The summed E-state index contributed by atoms with van der Waals surface area (Å²) in [4.78, 5) is 11.4. The van der Waals surface area contributed by atoms with E-state index in [0.29, 0.717) is 11.4 Å². The summed E-state index contributed by atoms with van der Waals surface area (Å²) in [6.45, 7) is 5.06. The molecule has 8 heteroatoms. The third-order valence-electron chi connectivity index (χ3n) is 3.13. The molecular weight excluding hydrogens is 332 g/mol. The molecule has 0 amide bonds. The van der Waals surface area contributed by atoms with Gasteiger partial charge in [-0.15, -0.1) is 0 Å². The molecule has 7 nitrogen and oxygen atoms in total. The van der Waals surface area contributed by atoms with Crippen molar-refractivity contribution >= 4 is 16.0 Å². The van der Waals surface area contributed by atoms with Gasteiger partial charge in [0.25, 0.3) is 0 Å². The van der Waals surface area contributed by atoms with E-state index in [4.69, 9.17) is 4.74 Å². The topological polar surface area (TPSA) is 97.6 Å². The van der Waals surface area contributed by atoms with E-state index >= 15 is 0 Å². The number of hydrogen-bond donors (Lipinski definition) is 2. The quantitative estimate of drug-likeness (QED) is 0.860. The number of rotatable bonds is 5. The molecule has 0 fully saturated rings. The van der Waals surface area contributed by atoms with Gasteiger partial charge in [-0.05, 0) is 51.1 Å². The van der Waals surface area contributed by atoms with Gasteiger partial charge in [-0.3, -0.25) is 0 Å². The first kappa shape index (κ1) is 18.0. The standard InChI is InChI=1S/C16H20N2O5S/c1-16(2,3)17-24(21,22)13-9-10-18(14(13)15(19)20)11-5-7-12(23-4)8-6-11/h5-10,17H,1-4H3,(H,19,20). The predicted octanol–water partition coefficient (Wildman–Crippen LogP) is 2.26. The van der Waals surface area contributed by atoms with Crippen molar-refractivity contribution in [3.63, 3.8) is 0 Å². The Hall–Kier alpha value is -2.32. The predicted molar refractivity (Wildman–Crippen MR) is 89.4 cm³/mol. The number of nitrogens with one attached hydrogen (secondary N) is 1. The Morgan fingerprint density at radius 2 is 1.75 bits per heavy atom. The van der Waals surface area contributed by atoms with Gasteiger partial charge in [-0.2, -0.15) is 0 Å². The van der Waals surface area contributed by atoms with E-state index in [-0.39, 0.29) is 10.6 Å². The number of hydrogen-bond acceptors (Lipinski definition) is 4. The lowest BCUT2D eigenvalue weighted by Crippen LogP contribution is -2.40. The van der Waals surface area contributed by atoms with Crippen molar-refractivity contribution in [2.45, 2.75) is 31.2 Å². The molecule has 24 heavy (non-hydrogen) atoms. The van der Waals surface area contributed by atoms with Crippen molar-refractivity contribution in [2.24, 2.45) is 0 Å². The van der Waals surface area contributed by atoms with Crippen LogP contribution in [-0.2, 0) is 10.0 Å². The van der Waals surface area contributed by atoms with Crippen LogP contribution in [0, 0.1) is 0 Å². The molecule has 0 bridgehead atoms. The van der Waals surface area contributed by atoms with Crippen LogP contribution < -0.4 is 9.46 Å². The van der Waals surface area contributed by atoms with Gasteiger partial charge < -0.3 is 14.4 Å². The first-order valence-electron chi connectivity index (χ1n) is 7.18. The highest BCUT2D eigenvalue weighted by atomic mass is 32.2. The van der Waals surface area contributed by atoms with Gasteiger partial charge in [-0.25, -0.2) is 17.9 Å². The second-order valence-electron chi connectivity index (χ2n) is 6.26. The number of carboxylic acid groups (broad SMARTS) is 1. The number of sulfonamides is 1. The Kier molecular flexibility index (Phi) is 4.73. The van der Waals surface area contributed by atoms with Crippen LogP contribution in [0.1, 0.15) is 31.3 Å². The molecule has 0 aliphatic heterocycles. The Balaban J connectivity index is 2.57. The highest BCUT2D eigenvalue weighted by Gasteiger charge is 2.30. The minimum absolute atomic E-state index is 0.277. The van der Waals surface area contributed by atoms with Crippen LogP contribution >= 0.6 is 0 Å². The van der Waals surface area contributed by atoms with Gasteiger partial charge in [0, 0.05) is 17.4 Å². The maximum Gasteiger partial charge on any atom is 0.354 e. The second-order valence-corrected chi connectivity index (χ2v) is 7.91. The summed E-state index contributed by atoms with van der Waals surface area (Å²) in [5.41, 5.74) is -0.529. The molecule has 1 aromatic carbocycles. The first-order valence-corrected chi connectivity index (χ1v) is 8.66. The number of carboxylic acids is 1. The van der Waals surface area contributed by atoms with Crippen molar-refractivity contribution in [1.29, 1.82) is 0 Å². The van der Waals surface area contributed by atoms with Crippen molar-refractivity contribution in [1.82, 2.24) is 9.29 Å². The smallest absolute Gasteiger partial charge is 0.354 e. The zero-order chi connectivity index (χ0) is 18.1. The minimum atomic E-state index is -3.97. The van der Waals surface area contributed by atoms with E-state index in [0.717, 1.165) is 0 Å². The molecule has 0 spiro atoms. The molecular formula is C16H20N2O5S. The molecule has 0 saturated heterocycles. The van der Waals surface area contributed by atoms with E-state index in [1.54, 1.807) is 45.0 Å². The van der Waals surface area contributed by atoms with Crippen LogP contribution in [0.2, 0.25) is 0 Å². The summed E-state index contributed by atoms with van der Waals surface area (Å²) >= 11 is 0. The number of benzene rings is 1. The van der Waals surface area contributed by atoms with Gasteiger partial charge in [0.2, 0.25) is 10.0 Å². The fourth-order valence-electron chi connectivity index (χ4n) is 2.26. The van der Waals surface area contributed by atoms with Gasteiger partial charge >= 0.3 is 5.97 Å². The number of aromatic nitrogens is 1. The molecule has 130 valence electrons. The van der Waals surface area contributed by atoms with Crippen LogP contribution in [-0.4, -0.2) is 36.7 Å². The largest absolute Gasteiger partial charge is 0.497 e. The van der Waals surface area contributed by atoms with Crippen LogP contribution in [0.15, 0.2) is 41.4 Å². The molecule has 2 N–H and O–H groups in total. The van der Waals surface area contributed by atoms with Crippen molar-refractivity contribution in [3.05, 3.63) is 42.2 Å². The number of aromatic carboxylic acids is 1. The molecule has 2 rings (SSSR count). The summed E-state index contributed by atoms with van der Waals surface area (Å²) in [6, 6.07) is 7.92. The average Bonchev–Trinajstić information content (AvgIpc) is 2.91. The second kappa shape index (κ2) is 6.29. The summed E-state index contributed by atoms with van der Waals surface area (Å²) < 4.78 is 33.9. The number of ether oxygens (including phenoxy) is 1. The summed E-state index contributed by atoms with van der Waals surface area (Å²) in [5, 5.41) is 9.52. The Morgan fingerprint density at radius 1 is 1.17 bits per heavy atom. The Bertz CT molecular complexity index is 846. The lowest BCUT2D eigenvalue weighted by Gasteiger charge is -2.20. The lowest BCUT2D eigenvalue weighted by molar-refractivity contribution is 0.0683. The molecule has 0 atom stereocenters. The summed E-state index contributed by atoms with van der Waals surface area (Å²) in [5.74, 6) is -0.713. The first-order chi connectivity index (χ1) is 11.0. The van der Waals surface area contributed by atoms with E-state index in [1.165, 1.54) is 23.9 Å². The Morgan fingerprint density at radius 3 is 2.21 bits per heavy atom. The van der Waals surface area contributed by atoms with Crippen LogP contribution in [0.5, 0.6) is 5.75 Å². The molecule has 1 aromatic heterocycles. The summed E-state index contributed by atoms with van der Waals surface area (Å²) in [6.07, 6.45) is 1.42. The fraction of sp³-hybridized carbons (Fsp3) is 0.312. The van der Waals surface area contributed by atoms with Crippen LogP contribution in [0.25, 0.3) is 5.69 Å². The van der Waals surface area contributed by atoms with E-state index in [9.17, 15) is 18.3 Å². The van der Waals surface area contributed by atoms with Crippen molar-refractivity contribution in [3.8, 4) is 11.4 Å². The molecule has 0 saturated carbocycles. The molecule has 2 aromatic rings. The number of carbonyl (C=O) groups is 1. The fourth-order valence-corrected chi connectivity index (χ4v) is 3.85. The molecule has 1 heterocycles. The minimum Gasteiger partial charge on any atom is -0.497 e.